The first-order valence-corrected chi connectivity index (χ1v) is 9.22. The Hall–Kier alpha value is -2.72. The monoisotopic (exact) mass is 399 g/mol. The number of amides is 1. The lowest BCUT2D eigenvalue weighted by atomic mass is 9.80. The molecule has 0 bridgehead atoms. The molecule has 11 nitrogen and oxygen atoms in total. The van der Waals surface area contributed by atoms with Gasteiger partial charge < -0.3 is 20.9 Å². The van der Waals surface area contributed by atoms with Crippen molar-refractivity contribution in [2.24, 2.45) is 28.8 Å². The second kappa shape index (κ2) is 10.00. The van der Waals surface area contributed by atoms with Crippen molar-refractivity contribution in [3.05, 3.63) is 4.91 Å². The van der Waals surface area contributed by atoms with E-state index < -0.39 is 47.9 Å². The molecule has 28 heavy (non-hydrogen) atoms. The number of hydrogen-bond acceptors (Lipinski definition) is 7. The van der Waals surface area contributed by atoms with Gasteiger partial charge in [-0.2, -0.15) is 5.01 Å². The molecule has 11 heteroatoms. The van der Waals surface area contributed by atoms with Gasteiger partial charge in [0, 0.05) is 25.8 Å². The second-order valence-electron chi connectivity index (χ2n) is 7.01. The Labute approximate surface area is 163 Å². The molecule has 1 rings (SSSR count). The third-order valence-corrected chi connectivity index (χ3v) is 5.33. The number of rotatable bonds is 9. The van der Waals surface area contributed by atoms with E-state index in [4.69, 9.17) is 15.9 Å². The predicted molar refractivity (Wildman–Crippen MR) is 99.8 cm³/mol. The van der Waals surface area contributed by atoms with Crippen LogP contribution in [0, 0.1) is 28.1 Å². The summed E-state index contributed by atoms with van der Waals surface area (Å²) in [5.41, 5.74) is 5.47. The fraction of sp³-hybridized carbons (Fsp3) is 0.765. The number of esters is 1. The zero-order chi connectivity index (χ0) is 21.6. The van der Waals surface area contributed by atoms with Crippen LogP contribution in [-0.2, 0) is 19.1 Å². The zero-order valence-electron chi connectivity index (χ0n) is 16.5. The Morgan fingerprint density at radius 1 is 1.32 bits per heavy atom. The topological polar surface area (TPSA) is 175 Å². The van der Waals surface area contributed by atoms with Gasteiger partial charge in [0.2, 0.25) is 11.9 Å². The van der Waals surface area contributed by atoms with E-state index in [2.05, 4.69) is 10.6 Å². The predicted octanol–water partition coefficient (Wildman–Crippen LogP) is 0.825. The fourth-order valence-electron chi connectivity index (χ4n) is 4.18. The normalized spacial score (nSPS) is 25.0. The molecule has 5 atom stereocenters. The number of ether oxygens (including phenoxy) is 1. The first-order valence-electron chi connectivity index (χ1n) is 9.22. The van der Waals surface area contributed by atoms with E-state index in [-0.39, 0.29) is 18.2 Å². The Morgan fingerprint density at radius 2 is 1.89 bits per heavy atom. The second-order valence-corrected chi connectivity index (χ2v) is 7.01. The summed E-state index contributed by atoms with van der Waals surface area (Å²) >= 11 is 0. The zero-order valence-corrected chi connectivity index (χ0v) is 16.5. The molecular weight excluding hydrogens is 370 g/mol. The molecule has 0 aromatic rings. The Balaban J connectivity index is 3.56. The van der Waals surface area contributed by atoms with Gasteiger partial charge in [0.25, 0.3) is 0 Å². The number of nitroso groups, excluding NO2 is 1. The molecule has 0 radical (unpaired) electrons. The number of aliphatic carboxylic acids is 1. The molecule has 5 N–H and O–H groups in total. The number of carboxylic acid groups (broad SMARTS) is 1. The molecule has 1 amide bonds. The lowest BCUT2D eigenvalue weighted by Crippen LogP contribution is -2.55. The number of carbonyl (C=O) groups excluding carboxylic acids is 2. The van der Waals surface area contributed by atoms with Crippen LogP contribution in [0.25, 0.3) is 0 Å². The van der Waals surface area contributed by atoms with Crippen molar-refractivity contribution in [1.82, 2.24) is 10.3 Å². The van der Waals surface area contributed by atoms with E-state index in [0.29, 0.717) is 17.9 Å². The van der Waals surface area contributed by atoms with Crippen LogP contribution in [0.1, 0.15) is 47.0 Å². The molecule has 158 valence electrons. The molecule has 5 unspecified atom stereocenters. The molecule has 0 aromatic carbocycles. The highest BCUT2D eigenvalue weighted by atomic mass is 16.5. The van der Waals surface area contributed by atoms with Crippen molar-refractivity contribution >= 4 is 23.8 Å². The van der Waals surface area contributed by atoms with Crippen molar-refractivity contribution in [3.8, 4) is 0 Å². The Morgan fingerprint density at radius 3 is 2.25 bits per heavy atom. The van der Waals surface area contributed by atoms with Gasteiger partial charge in [0.15, 0.2) is 0 Å². The number of nitrogens with two attached hydrogens (primary N) is 1. The lowest BCUT2D eigenvalue weighted by Gasteiger charge is -2.38. The molecule has 0 aliphatic heterocycles. The smallest absolute Gasteiger partial charge is 0.310 e. The maximum Gasteiger partial charge on any atom is 0.310 e. The number of carbonyl (C=O) groups is 3. The first kappa shape index (κ1) is 23.3. The number of guanidine groups is 1. The van der Waals surface area contributed by atoms with Gasteiger partial charge in [-0.25, -0.2) is 0 Å². The third kappa shape index (κ3) is 5.17. The van der Waals surface area contributed by atoms with Crippen LogP contribution in [0.3, 0.4) is 0 Å². The molecule has 1 fully saturated rings. The highest BCUT2D eigenvalue weighted by Crippen LogP contribution is 2.42. The van der Waals surface area contributed by atoms with Crippen LogP contribution in [0.2, 0.25) is 0 Å². The Bertz CT molecular complexity index is 623. The van der Waals surface area contributed by atoms with E-state index in [1.54, 1.807) is 0 Å². The van der Waals surface area contributed by atoms with Gasteiger partial charge in [0.1, 0.15) is 6.10 Å². The maximum absolute atomic E-state index is 11.9. The average molecular weight is 399 g/mol. The largest absolute Gasteiger partial charge is 0.481 e. The van der Waals surface area contributed by atoms with Crippen molar-refractivity contribution in [2.45, 2.75) is 65.1 Å². The molecule has 0 spiro atoms. The SMILES string of the molecule is CCC(CC)C(NC(C)=O)C1C(OC(C)=O)C(C(=O)O)CC1N(N=O)C(=N)N. The Kier molecular flexibility index (Phi) is 8.33. The minimum Gasteiger partial charge on any atom is -0.481 e. The first-order chi connectivity index (χ1) is 13.1. The van der Waals surface area contributed by atoms with Gasteiger partial charge >= 0.3 is 11.9 Å². The number of hydrogen-bond donors (Lipinski definition) is 4. The molecule has 1 aliphatic rings. The maximum atomic E-state index is 11.9. The average Bonchev–Trinajstić information content (AvgIpc) is 2.93. The highest BCUT2D eigenvalue weighted by Gasteiger charge is 2.55. The van der Waals surface area contributed by atoms with Crippen LogP contribution >= 0.6 is 0 Å². The summed E-state index contributed by atoms with van der Waals surface area (Å²) in [6, 6.07) is -1.52. The number of carboxylic acids is 1. The van der Waals surface area contributed by atoms with Crippen LogP contribution in [0.4, 0.5) is 0 Å². The standard InChI is InChI=1S/C17H29N5O6/c1-5-10(6-2)14(20-8(3)23)13-12(22(21-27)17(18)19)7-11(16(25)26)15(13)28-9(4)24/h10-15H,5-7H2,1-4H3,(H3,18,19)(H,20,23)(H,25,26). The van der Waals surface area contributed by atoms with Gasteiger partial charge in [-0.3, -0.25) is 19.8 Å². The van der Waals surface area contributed by atoms with Gasteiger partial charge in [-0.1, -0.05) is 26.7 Å². The summed E-state index contributed by atoms with van der Waals surface area (Å²) in [4.78, 5) is 46.7. The highest BCUT2D eigenvalue weighted by molar-refractivity contribution is 5.77. The molecular formula is C17H29N5O6. The van der Waals surface area contributed by atoms with Gasteiger partial charge in [-0.15, -0.1) is 4.91 Å². The van der Waals surface area contributed by atoms with Gasteiger partial charge in [-0.05, 0) is 12.3 Å². The summed E-state index contributed by atoms with van der Waals surface area (Å²) < 4.78 is 5.35. The fourth-order valence-corrected chi connectivity index (χ4v) is 4.18. The van der Waals surface area contributed by atoms with E-state index in [1.165, 1.54) is 6.92 Å². The van der Waals surface area contributed by atoms with E-state index in [1.807, 2.05) is 13.8 Å². The summed E-state index contributed by atoms with van der Waals surface area (Å²) in [5.74, 6) is -4.88. The number of nitrogens with zero attached hydrogens (tertiary/aromatic N) is 2. The van der Waals surface area contributed by atoms with E-state index in [0.717, 1.165) is 6.92 Å². The van der Waals surface area contributed by atoms with Crippen molar-refractivity contribution in [3.63, 3.8) is 0 Å². The summed E-state index contributed by atoms with van der Waals surface area (Å²) in [7, 11) is 0. The van der Waals surface area contributed by atoms with Crippen LogP contribution in [0.5, 0.6) is 0 Å². The van der Waals surface area contributed by atoms with Crippen molar-refractivity contribution in [2.75, 3.05) is 0 Å². The minimum absolute atomic E-state index is 0.0811. The molecule has 0 heterocycles. The molecule has 1 aliphatic carbocycles. The molecule has 0 saturated heterocycles. The quantitative estimate of drug-likeness (QED) is 0.145. The van der Waals surface area contributed by atoms with E-state index >= 15 is 0 Å². The van der Waals surface area contributed by atoms with Crippen molar-refractivity contribution in [1.29, 1.82) is 5.41 Å². The summed E-state index contributed by atoms with van der Waals surface area (Å²) in [5, 5.41) is 23.6. The van der Waals surface area contributed by atoms with Crippen LogP contribution in [0.15, 0.2) is 5.29 Å². The number of nitrogens with one attached hydrogen (secondary N) is 2. The van der Waals surface area contributed by atoms with Crippen LogP contribution in [-0.4, -0.2) is 52.1 Å². The molecule has 1 saturated carbocycles. The summed E-state index contributed by atoms with van der Waals surface area (Å²) in [6.07, 6.45) is 0.0913. The van der Waals surface area contributed by atoms with Gasteiger partial charge in [0.05, 0.1) is 17.2 Å². The minimum atomic E-state index is -1.21. The third-order valence-electron chi connectivity index (χ3n) is 5.33. The molecule has 0 aromatic heterocycles. The van der Waals surface area contributed by atoms with Crippen molar-refractivity contribution < 1.29 is 24.2 Å². The van der Waals surface area contributed by atoms with Crippen LogP contribution < -0.4 is 11.1 Å². The summed E-state index contributed by atoms with van der Waals surface area (Å²) in [6.45, 7) is 6.33. The van der Waals surface area contributed by atoms with E-state index in [9.17, 15) is 24.4 Å². The lowest BCUT2D eigenvalue weighted by molar-refractivity contribution is -0.158.